The minimum absolute atomic E-state index is 0.0104. The van der Waals surface area contributed by atoms with E-state index in [9.17, 15) is 9.59 Å². The summed E-state index contributed by atoms with van der Waals surface area (Å²) in [6, 6.07) is 31.8. The Labute approximate surface area is 238 Å². The summed E-state index contributed by atoms with van der Waals surface area (Å²) >= 11 is 1.36. The molecule has 5 rings (SSSR count). The van der Waals surface area contributed by atoms with E-state index in [2.05, 4.69) is 88.0 Å². The number of piperidine rings is 1. The molecule has 40 heavy (non-hydrogen) atoms. The number of rotatable bonds is 8. The molecule has 1 fully saturated rings. The number of benzene rings is 3. The lowest BCUT2D eigenvalue weighted by Crippen LogP contribution is -2.52. The van der Waals surface area contributed by atoms with Gasteiger partial charge in [0.05, 0.1) is 18.8 Å². The van der Waals surface area contributed by atoms with Crippen molar-refractivity contribution in [3.8, 4) is 0 Å². The van der Waals surface area contributed by atoms with Crippen molar-refractivity contribution >= 4 is 28.9 Å². The molecule has 0 spiro atoms. The van der Waals surface area contributed by atoms with Gasteiger partial charge in [0.15, 0.2) is 5.12 Å². The first-order chi connectivity index (χ1) is 19.5. The Morgan fingerprint density at radius 3 is 2.00 bits per heavy atom. The van der Waals surface area contributed by atoms with Gasteiger partial charge in [-0.1, -0.05) is 108 Å². The average Bonchev–Trinajstić information content (AvgIpc) is 3.42. The number of methoxy groups -OCH3 is 1. The number of carbonyl (C=O) groups is 2. The normalized spacial score (nSPS) is 17.1. The van der Waals surface area contributed by atoms with Crippen molar-refractivity contribution in [2.24, 2.45) is 0 Å². The molecule has 0 saturated carbocycles. The van der Waals surface area contributed by atoms with E-state index in [0.717, 1.165) is 18.5 Å². The minimum Gasteiger partial charge on any atom is -0.468 e. The van der Waals surface area contributed by atoms with Gasteiger partial charge < -0.3 is 4.74 Å². The number of carbonyl (C=O) groups excluding carboxylic acids is 2. The van der Waals surface area contributed by atoms with Crippen LogP contribution in [0.2, 0.25) is 0 Å². The van der Waals surface area contributed by atoms with Crippen LogP contribution in [0, 0.1) is 0 Å². The quantitative estimate of drug-likeness (QED) is 0.220. The monoisotopic (exact) mass is 552 g/mol. The Hall–Kier alpha value is -4.01. The molecule has 0 amide bonds. The van der Waals surface area contributed by atoms with Gasteiger partial charge in [0, 0.05) is 25.3 Å². The predicted octanol–water partition coefficient (Wildman–Crippen LogP) is 5.18. The van der Waals surface area contributed by atoms with E-state index < -0.39 is 11.5 Å². The zero-order chi connectivity index (χ0) is 28.0. The summed E-state index contributed by atoms with van der Waals surface area (Å²) in [5.41, 5.74) is 4.69. The molecule has 2 heterocycles. The second-order valence-electron chi connectivity index (χ2n) is 9.75. The van der Waals surface area contributed by atoms with Gasteiger partial charge in [0.25, 0.3) is 0 Å². The topological polar surface area (TPSA) is 77.3 Å². The fraction of sp³-hybridized carbons (Fsp3) is 0.250. The third-order valence-electron chi connectivity index (χ3n) is 7.21. The molecule has 204 valence electrons. The first-order valence-electron chi connectivity index (χ1n) is 13.3. The van der Waals surface area contributed by atoms with Crippen molar-refractivity contribution in [3.05, 3.63) is 125 Å². The van der Waals surface area contributed by atoms with Gasteiger partial charge in [-0.2, -0.15) is 0 Å². The summed E-state index contributed by atoms with van der Waals surface area (Å²) in [5, 5.41) is 8.49. The van der Waals surface area contributed by atoms with E-state index in [1.807, 2.05) is 24.3 Å². The molecule has 1 aliphatic rings. The maximum absolute atomic E-state index is 12.2. The number of nitrogens with zero attached hydrogens (tertiary/aromatic N) is 4. The zero-order valence-electron chi connectivity index (χ0n) is 22.6. The molecule has 1 atom stereocenters. The second-order valence-corrected chi connectivity index (χ2v) is 11.1. The predicted molar refractivity (Wildman–Crippen MR) is 157 cm³/mol. The van der Waals surface area contributed by atoms with Crippen molar-refractivity contribution in [2.75, 3.05) is 20.2 Å². The molecule has 1 aromatic heterocycles. The lowest BCUT2D eigenvalue weighted by Gasteiger charge is -2.49. The van der Waals surface area contributed by atoms with Gasteiger partial charge in [-0.05, 0) is 34.8 Å². The lowest BCUT2D eigenvalue weighted by atomic mass is 9.74. The van der Waals surface area contributed by atoms with E-state index in [0.29, 0.717) is 12.2 Å². The zero-order valence-corrected chi connectivity index (χ0v) is 23.5. The third kappa shape index (κ3) is 5.78. The summed E-state index contributed by atoms with van der Waals surface area (Å²) in [7, 11) is 1.35. The number of hydrogen-bond acceptors (Lipinski definition) is 7. The number of likely N-dealkylation sites (tertiary alicyclic amines) is 1. The number of esters is 1. The lowest BCUT2D eigenvalue weighted by molar-refractivity contribution is -0.141. The molecule has 7 nitrogen and oxygen atoms in total. The summed E-state index contributed by atoms with van der Waals surface area (Å²) in [4.78, 5) is 26.5. The summed E-state index contributed by atoms with van der Waals surface area (Å²) in [5.74, 6) is -0.392. The number of ether oxygens (including phenoxy) is 1. The van der Waals surface area contributed by atoms with Crippen LogP contribution in [-0.4, -0.2) is 56.4 Å². The van der Waals surface area contributed by atoms with E-state index >= 15 is 0 Å². The average molecular weight is 553 g/mol. The van der Waals surface area contributed by atoms with Crippen LogP contribution in [0.3, 0.4) is 0 Å². The number of thioether (sulfide) groups is 1. The van der Waals surface area contributed by atoms with E-state index in [1.54, 1.807) is 13.1 Å². The van der Waals surface area contributed by atoms with Crippen LogP contribution in [0.4, 0.5) is 0 Å². The van der Waals surface area contributed by atoms with Crippen LogP contribution in [0.5, 0.6) is 0 Å². The van der Waals surface area contributed by atoms with Crippen LogP contribution in [-0.2, 0) is 26.4 Å². The largest absolute Gasteiger partial charge is 0.468 e. The van der Waals surface area contributed by atoms with Crippen molar-refractivity contribution < 1.29 is 14.3 Å². The molecule has 3 aromatic carbocycles. The summed E-state index contributed by atoms with van der Waals surface area (Å²) < 4.78 is 6.23. The molecule has 8 heteroatoms. The smallest absolute Gasteiger partial charge is 0.327 e. The van der Waals surface area contributed by atoms with Gasteiger partial charge in [-0.15, -0.1) is 5.10 Å². The van der Waals surface area contributed by atoms with E-state index in [1.165, 1.54) is 40.2 Å². The van der Waals surface area contributed by atoms with Crippen LogP contribution >= 0.6 is 11.8 Å². The van der Waals surface area contributed by atoms with Gasteiger partial charge in [0.2, 0.25) is 0 Å². The van der Waals surface area contributed by atoms with Crippen LogP contribution in [0.1, 0.15) is 35.7 Å². The van der Waals surface area contributed by atoms with Crippen molar-refractivity contribution in [1.82, 2.24) is 19.9 Å². The number of hydrogen-bond donors (Lipinski definition) is 0. The highest BCUT2D eigenvalue weighted by molar-refractivity contribution is 8.14. The maximum atomic E-state index is 12.2. The Kier molecular flexibility index (Phi) is 8.57. The highest BCUT2D eigenvalue weighted by Gasteiger charge is 2.44. The molecule has 0 N–H and O–H groups in total. The van der Waals surface area contributed by atoms with E-state index in [4.69, 9.17) is 4.74 Å². The Balaban J connectivity index is 1.63. The third-order valence-corrected chi connectivity index (χ3v) is 8.37. The molecule has 0 radical (unpaired) electrons. The first kappa shape index (κ1) is 27.6. The molecule has 1 unspecified atom stereocenters. The van der Waals surface area contributed by atoms with Crippen LogP contribution in [0.15, 0.2) is 103 Å². The fourth-order valence-electron chi connectivity index (χ4n) is 5.55. The maximum Gasteiger partial charge on any atom is 0.327 e. The van der Waals surface area contributed by atoms with Gasteiger partial charge in [-0.3, -0.25) is 14.5 Å². The number of aromatic nitrogens is 3. The summed E-state index contributed by atoms with van der Waals surface area (Å²) in [6.07, 6.45) is 4.54. The SMILES string of the molecule is COC(=O)Cn1cc(C=C2CN(C(c3ccccc3)(c3ccccc3)c3ccccc3)CCC2SC(C)=O)nn1. The Morgan fingerprint density at radius 2 is 1.50 bits per heavy atom. The van der Waals surface area contributed by atoms with Gasteiger partial charge >= 0.3 is 5.97 Å². The summed E-state index contributed by atoms with van der Waals surface area (Å²) in [6.45, 7) is 3.01. The van der Waals surface area contributed by atoms with Crippen molar-refractivity contribution in [2.45, 2.75) is 30.7 Å². The molecule has 0 aliphatic carbocycles. The van der Waals surface area contributed by atoms with Gasteiger partial charge in [-0.25, -0.2) is 4.68 Å². The minimum atomic E-state index is -0.558. The van der Waals surface area contributed by atoms with E-state index in [-0.39, 0.29) is 16.9 Å². The fourth-order valence-corrected chi connectivity index (χ4v) is 6.47. The standard InChI is InChI=1S/C32H32N4O3S/c1-24(37)40-30-18-19-35(21-25(30)20-29-22-36(34-33-29)23-31(38)39-2)32(26-12-6-3-7-13-26,27-14-8-4-9-15-27)28-16-10-5-11-17-28/h3-17,20,22,30H,18-19,21,23H2,1-2H3. The van der Waals surface area contributed by atoms with Crippen LogP contribution in [0.25, 0.3) is 6.08 Å². The highest BCUT2D eigenvalue weighted by atomic mass is 32.2. The van der Waals surface area contributed by atoms with Crippen LogP contribution < -0.4 is 0 Å². The van der Waals surface area contributed by atoms with Gasteiger partial charge in [0.1, 0.15) is 12.2 Å². The molecule has 0 bridgehead atoms. The highest BCUT2D eigenvalue weighted by Crippen LogP contribution is 2.45. The molecular weight excluding hydrogens is 520 g/mol. The second kappa shape index (κ2) is 12.4. The molecule has 4 aromatic rings. The molecule has 1 saturated heterocycles. The Morgan fingerprint density at radius 1 is 0.950 bits per heavy atom. The first-order valence-corrected chi connectivity index (χ1v) is 14.1. The molecule has 1 aliphatic heterocycles. The van der Waals surface area contributed by atoms with Crippen molar-refractivity contribution in [1.29, 1.82) is 0 Å². The Bertz CT molecular complexity index is 1380. The van der Waals surface area contributed by atoms with Crippen molar-refractivity contribution in [3.63, 3.8) is 0 Å². The molecular formula is C32H32N4O3S.